The third kappa shape index (κ3) is 4.01. The lowest BCUT2D eigenvalue weighted by atomic mass is 9.74. The number of aliphatic hydroxyl groups is 1. The zero-order chi connectivity index (χ0) is 23.1. The number of piperidine rings is 1. The number of β-amino-alcohol motifs (C(OH)–C–C–N with tert-alkyl or cyclic N) is 1. The molecule has 0 aliphatic carbocycles. The van der Waals surface area contributed by atoms with E-state index in [1.807, 2.05) is 36.6 Å². The van der Waals surface area contributed by atoms with Crippen LogP contribution in [0.1, 0.15) is 52.2 Å². The molecule has 1 N–H and O–H groups in total. The highest BCUT2D eigenvalue weighted by molar-refractivity contribution is 5.95. The van der Waals surface area contributed by atoms with E-state index in [-0.39, 0.29) is 11.8 Å². The minimum absolute atomic E-state index is 0.0362. The van der Waals surface area contributed by atoms with Crippen molar-refractivity contribution in [3.05, 3.63) is 83.3 Å². The van der Waals surface area contributed by atoms with Gasteiger partial charge < -0.3 is 19.2 Å². The number of para-hydroxylation sites is 1. The Morgan fingerprint density at radius 3 is 2.56 bits per heavy atom. The Morgan fingerprint density at radius 2 is 1.79 bits per heavy atom. The van der Waals surface area contributed by atoms with Crippen molar-refractivity contribution in [2.24, 2.45) is 5.92 Å². The fourth-order valence-electron chi connectivity index (χ4n) is 5.83. The van der Waals surface area contributed by atoms with E-state index >= 15 is 0 Å². The first-order chi connectivity index (χ1) is 16.7. The van der Waals surface area contributed by atoms with Crippen LogP contribution >= 0.6 is 0 Å². The SMILES string of the molecule is O=C(c1ccc2c(c1)Oc1ccccc1C2C1CCN(Cc2ccoc2)CC1)N1CC[C@H](O)C1. The number of rotatable bonds is 4. The zero-order valence-electron chi connectivity index (χ0n) is 19.2. The lowest BCUT2D eigenvalue weighted by molar-refractivity contribution is 0.0764. The smallest absolute Gasteiger partial charge is 0.254 e. The summed E-state index contributed by atoms with van der Waals surface area (Å²) >= 11 is 0. The number of ether oxygens (including phenoxy) is 1. The lowest BCUT2D eigenvalue weighted by Gasteiger charge is -2.39. The van der Waals surface area contributed by atoms with Crippen LogP contribution in [0.5, 0.6) is 11.5 Å². The lowest BCUT2D eigenvalue weighted by Crippen LogP contribution is -2.36. The van der Waals surface area contributed by atoms with Crippen LogP contribution < -0.4 is 4.74 Å². The molecule has 0 radical (unpaired) electrons. The van der Waals surface area contributed by atoms with Crippen LogP contribution in [0.4, 0.5) is 0 Å². The largest absolute Gasteiger partial charge is 0.472 e. The van der Waals surface area contributed by atoms with Gasteiger partial charge in [0.2, 0.25) is 0 Å². The summed E-state index contributed by atoms with van der Waals surface area (Å²) in [6.07, 6.45) is 6.02. The third-order valence-electron chi connectivity index (χ3n) is 7.61. The van der Waals surface area contributed by atoms with Gasteiger partial charge in [-0.05, 0) is 62.5 Å². The van der Waals surface area contributed by atoms with Crippen molar-refractivity contribution in [2.75, 3.05) is 26.2 Å². The molecule has 3 aliphatic heterocycles. The molecule has 6 heteroatoms. The molecule has 4 heterocycles. The van der Waals surface area contributed by atoms with Crippen LogP contribution in [0.3, 0.4) is 0 Å². The summed E-state index contributed by atoms with van der Waals surface area (Å²) in [6, 6.07) is 16.3. The normalized spacial score (nSPS) is 22.8. The number of likely N-dealkylation sites (tertiary alicyclic amines) is 2. The predicted molar refractivity (Wildman–Crippen MR) is 128 cm³/mol. The highest BCUT2D eigenvalue weighted by atomic mass is 16.5. The number of hydrogen-bond donors (Lipinski definition) is 1. The molecule has 2 fully saturated rings. The fraction of sp³-hybridized carbons (Fsp3) is 0.393. The summed E-state index contributed by atoms with van der Waals surface area (Å²) in [4.78, 5) is 17.3. The van der Waals surface area contributed by atoms with Crippen molar-refractivity contribution in [3.8, 4) is 11.5 Å². The Kier molecular flexibility index (Phi) is 5.63. The van der Waals surface area contributed by atoms with Crippen LogP contribution in [0.15, 0.2) is 65.5 Å². The molecular weight excluding hydrogens is 428 g/mol. The van der Waals surface area contributed by atoms with Gasteiger partial charge in [-0.2, -0.15) is 0 Å². The second kappa shape index (κ2) is 8.93. The van der Waals surface area contributed by atoms with E-state index in [0.29, 0.717) is 31.0 Å². The monoisotopic (exact) mass is 458 g/mol. The summed E-state index contributed by atoms with van der Waals surface area (Å²) in [6.45, 7) is 4.04. The van der Waals surface area contributed by atoms with Crippen LogP contribution in [-0.4, -0.2) is 53.1 Å². The average molecular weight is 459 g/mol. The van der Waals surface area contributed by atoms with E-state index in [2.05, 4.69) is 23.1 Å². The Labute approximate surface area is 199 Å². The van der Waals surface area contributed by atoms with Crippen LogP contribution in [0.2, 0.25) is 0 Å². The Balaban J connectivity index is 1.25. The van der Waals surface area contributed by atoms with Gasteiger partial charge in [-0.15, -0.1) is 0 Å². The molecule has 1 unspecified atom stereocenters. The number of amides is 1. The minimum atomic E-state index is -0.423. The van der Waals surface area contributed by atoms with Gasteiger partial charge in [-0.25, -0.2) is 0 Å². The summed E-state index contributed by atoms with van der Waals surface area (Å²) in [5.74, 6) is 2.41. The number of fused-ring (bicyclic) bond motifs is 2. The number of carbonyl (C=O) groups excluding carboxylic acids is 1. The van der Waals surface area contributed by atoms with E-state index in [1.54, 1.807) is 11.2 Å². The van der Waals surface area contributed by atoms with Crippen molar-refractivity contribution >= 4 is 5.91 Å². The molecule has 3 aromatic rings. The molecule has 2 aromatic carbocycles. The molecule has 6 rings (SSSR count). The first kappa shape index (κ1) is 21.4. The predicted octanol–water partition coefficient (Wildman–Crippen LogP) is 4.64. The van der Waals surface area contributed by atoms with Gasteiger partial charge in [-0.1, -0.05) is 24.3 Å². The van der Waals surface area contributed by atoms with E-state index in [9.17, 15) is 9.90 Å². The average Bonchev–Trinajstić information content (AvgIpc) is 3.54. The maximum Gasteiger partial charge on any atom is 0.254 e. The van der Waals surface area contributed by atoms with Gasteiger partial charge >= 0.3 is 0 Å². The molecule has 0 bridgehead atoms. The van der Waals surface area contributed by atoms with Crippen molar-refractivity contribution in [1.82, 2.24) is 9.80 Å². The molecular formula is C28H30N2O4. The fourth-order valence-corrected chi connectivity index (χ4v) is 5.83. The minimum Gasteiger partial charge on any atom is -0.472 e. The van der Waals surface area contributed by atoms with Crippen LogP contribution in [-0.2, 0) is 6.54 Å². The summed E-state index contributed by atoms with van der Waals surface area (Å²) < 4.78 is 11.6. The first-order valence-electron chi connectivity index (χ1n) is 12.3. The standard InChI is InChI=1S/C28H30N2O4/c31-22-9-13-30(17-22)28(32)21-5-6-24-26(15-21)34-25-4-2-1-3-23(25)27(24)20-7-11-29(12-8-20)16-19-10-14-33-18-19/h1-6,10,14-15,18,20,22,27,31H,7-9,11-13,16-17H2/t22-,27?/m0/s1. The first-order valence-corrected chi connectivity index (χ1v) is 12.3. The molecule has 0 spiro atoms. The quantitative estimate of drug-likeness (QED) is 0.617. The van der Waals surface area contributed by atoms with Crippen molar-refractivity contribution in [1.29, 1.82) is 0 Å². The Morgan fingerprint density at radius 1 is 0.971 bits per heavy atom. The summed E-state index contributed by atoms with van der Waals surface area (Å²) in [5.41, 5.74) is 4.26. The van der Waals surface area contributed by atoms with Crippen LogP contribution in [0, 0.1) is 5.92 Å². The molecule has 2 atom stereocenters. The molecule has 34 heavy (non-hydrogen) atoms. The second-order valence-electron chi connectivity index (χ2n) is 9.81. The zero-order valence-corrected chi connectivity index (χ0v) is 19.2. The topological polar surface area (TPSA) is 66.2 Å². The summed E-state index contributed by atoms with van der Waals surface area (Å²) in [7, 11) is 0. The number of carbonyl (C=O) groups is 1. The number of hydrogen-bond acceptors (Lipinski definition) is 5. The highest BCUT2D eigenvalue weighted by Crippen LogP contribution is 2.50. The van der Waals surface area contributed by atoms with Crippen molar-refractivity contribution in [3.63, 3.8) is 0 Å². The molecule has 6 nitrogen and oxygen atoms in total. The van der Waals surface area contributed by atoms with Gasteiger partial charge in [-0.3, -0.25) is 9.69 Å². The molecule has 3 aliphatic rings. The molecule has 2 saturated heterocycles. The van der Waals surface area contributed by atoms with E-state index in [4.69, 9.17) is 9.15 Å². The van der Waals surface area contributed by atoms with E-state index in [0.717, 1.165) is 44.0 Å². The maximum atomic E-state index is 13.0. The van der Waals surface area contributed by atoms with Gasteiger partial charge in [0, 0.05) is 47.8 Å². The van der Waals surface area contributed by atoms with Crippen molar-refractivity contribution in [2.45, 2.75) is 37.8 Å². The van der Waals surface area contributed by atoms with Gasteiger partial charge in [0.05, 0.1) is 18.6 Å². The number of aliphatic hydroxyl groups excluding tert-OH is 1. The Hall–Kier alpha value is -3.09. The van der Waals surface area contributed by atoms with Gasteiger partial charge in [0.25, 0.3) is 5.91 Å². The maximum absolute atomic E-state index is 13.0. The number of benzene rings is 2. The third-order valence-corrected chi connectivity index (χ3v) is 7.61. The molecule has 1 amide bonds. The van der Waals surface area contributed by atoms with Crippen LogP contribution in [0.25, 0.3) is 0 Å². The van der Waals surface area contributed by atoms with Crippen molar-refractivity contribution < 1.29 is 19.1 Å². The molecule has 176 valence electrons. The Bertz CT molecular complexity index is 1170. The molecule has 1 aromatic heterocycles. The van der Waals surface area contributed by atoms with E-state index < -0.39 is 6.10 Å². The van der Waals surface area contributed by atoms with Gasteiger partial charge in [0.15, 0.2) is 0 Å². The summed E-state index contributed by atoms with van der Waals surface area (Å²) in [5, 5.41) is 9.84. The molecule has 0 saturated carbocycles. The number of furan rings is 1. The number of nitrogens with zero attached hydrogens (tertiary/aromatic N) is 2. The second-order valence-corrected chi connectivity index (χ2v) is 9.81. The highest BCUT2D eigenvalue weighted by Gasteiger charge is 2.36. The van der Waals surface area contributed by atoms with Gasteiger partial charge in [0.1, 0.15) is 11.5 Å². The van der Waals surface area contributed by atoms with E-state index in [1.165, 1.54) is 16.7 Å².